The summed E-state index contributed by atoms with van der Waals surface area (Å²) in [5.41, 5.74) is -0.849. The van der Waals surface area contributed by atoms with Gasteiger partial charge in [-0.25, -0.2) is 8.78 Å². The van der Waals surface area contributed by atoms with Crippen LogP contribution in [0.1, 0.15) is 46.7 Å². The first-order valence-corrected chi connectivity index (χ1v) is 11.3. The highest BCUT2D eigenvalue weighted by Crippen LogP contribution is 2.54. The largest absolute Gasteiger partial charge is 0.399 e. The lowest BCUT2D eigenvalue weighted by Gasteiger charge is -2.18. The molecule has 0 bridgehead atoms. The molecule has 0 aliphatic heterocycles. The van der Waals surface area contributed by atoms with Gasteiger partial charge in [-0.2, -0.15) is 13.2 Å². The standard InChI is InChI=1S/C22H15BrCl3F5O/c23-15-7-11(1-3-13(15)18(32)10-21(5-6-21)20(27)28)2-4-14(22(29,30)31)12-8-16(24)19(26)17(25)9-12/h1-4,7-9,14,20H,5-6,10H2/b4-2+. The Hall–Kier alpha value is -1.15. The van der Waals surface area contributed by atoms with E-state index >= 15 is 0 Å². The second-order valence-corrected chi connectivity index (χ2v) is 9.73. The summed E-state index contributed by atoms with van der Waals surface area (Å²) in [5.74, 6) is -2.44. The van der Waals surface area contributed by atoms with Gasteiger partial charge in [-0.3, -0.25) is 4.79 Å². The van der Waals surface area contributed by atoms with E-state index in [0.29, 0.717) is 22.9 Å². The Bertz CT molecular complexity index is 1040. The fourth-order valence-corrected chi connectivity index (χ4v) is 4.51. The van der Waals surface area contributed by atoms with Gasteiger partial charge in [0.2, 0.25) is 6.43 Å². The highest BCUT2D eigenvalue weighted by molar-refractivity contribution is 9.10. The first-order valence-electron chi connectivity index (χ1n) is 9.34. The minimum absolute atomic E-state index is 0.0361. The van der Waals surface area contributed by atoms with E-state index in [1.165, 1.54) is 24.3 Å². The van der Waals surface area contributed by atoms with Gasteiger partial charge in [0.1, 0.15) is 0 Å². The zero-order valence-corrected chi connectivity index (χ0v) is 20.0. The van der Waals surface area contributed by atoms with Crippen LogP contribution >= 0.6 is 50.7 Å². The van der Waals surface area contributed by atoms with Crippen LogP contribution in [0.2, 0.25) is 15.1 Å². The van der Waals surface area contributed by atoms with Gasteiger partial charge in [-0.1, -0.05) is 69.0 Å². The number of hydrogen-bond acceptors (Lipinski definition) is 1. The van der Waals surface area contributed by atoms with Crippen LogP contribution in [-0.2, 0) is 0 Å². The van der Waals surface area contributed by atoms with E-state index in [2.05, 4.69) is 15.9 Å². The maximum absolute atomic E-state index is 13.7. The van der Waals surface area contributed by atoms with Gasteiger partial charge in [0.25, 0.3) is 0 Å². The summed E-state index contributed by atoms with van der Waals surface area (Å²) >= 11 is 20.8. The number of carbonyl (C=O) groups excluding carboxylic acids is 1. The summed E-state index contributed by atoms with van der Waals surface area (Å²) in [5, 5.41) is -0.231. The van der Waals surface area contributed by atoms with Crippen molar-refractivity contribution in [3.05, 3.63) is 72.6 Å². The van der Waals surface area contributed by atoms with Gasteiger partial charge >= 0.3 is 6.18 Å². The van der Waals surface area contributed by atoms with Crippen molar-refractivity contribution in [2.75, 3.05) is 0 Å². The molecule has 0 saturated heterocycles. The Morgan fingerprint density at radius 1 is 1.09 bits per heavy atom. The molecule has 1 saturated carbocycles. The highest BCUT2D eigenvalue weighted by Gasteiger charge is 2.52. The topological polar surface area (TPSA) is 17.1 Å². The van der Waals surface area contributed by atoms with Crippen molar-refractivity contribution in [2.24, 2.45) is 5.41 Å². The third-order valence-corrected chi connectivity index (χ3v) is 7.21. The minimum Gasteiger partial charge on any atom is -0.294 e. The van der Waals surface area contributed by atoms with Crippen molar-refractivity contribution < 1.29 is 26.7 Å². The molecule has 2 aromatic carbocycles. The van der Waals surface area contributed by atoms with Crippen LogP contribution in [-0.4, -0.2) is 18.4 Å². The Morgan fingerprint density at radius 3 is 2.16 bits per heavy atom. The van der Waals surface area contributed by atoms with Gasteiger partial charge in [0, 0.05) is 21.9 Å². The molecule has 0 aromatic heterocycles. The van der Waals surface area contributed by atoms with Crippen molar-refractivity contribution >= 4 is 62.6 Å². The Kier molecular flexibility index (Phi) is 7.65. The summed E-state index contributed by atoms with van der Waals surface area (Å²) in [6.07, 6.45) is -4.69. The van der Waals surface area contributed by atoms with Gasteiger partial charge in [-0.15, -0.1) is 0 Å². The molecule has 1 aliphatic carbocycles. The van der Waals surface area contributed by atoms with E-state index in [4.69, 9.17) is 34.8 Å². The quantitative estimate of drug-likeness (QED) is 0.182. The Labute approximate surface area is 204 Å². The summed E-state index contributed by atoms with van der Waals surface area (Å²) in [6.45, 7) is 0. The summed E-state index contributed by atoms with van der Waals surface area (Å²) in [7, 11) is 0. The molecule has 1 aliphatic rings. The van der Waals surface area contributed by atoms with Crippen LogP contribution in [0.25, 0.3) is 6.08 Å². The van der Waals surface area contributed by atoms with Crippen molar-refractivity contribution in [1.29, 1.82) is 0 Å². The highest BCUT2D eigenvalue weighted by atomic mass is 79.9. The van der Waals surface area contributed by atoms with Crippen LogP contribution < -0.4 is 0 Å². The number of benzene rings is 2. The molecular weight excluding hydrogens is 561 g/mol. The van der Waals surface area contributed by atoms with Crippen molar-refractivity contribution in [2.45, 2.75) is 37.8 Å². The van der Waals surface area contributed by atoms with Gasteiger partial charge in [0.05, 0.1) is 21.0 Å². The average Bonchev–Trinajstić information content (AvgIpc) is 3.46. The van der Waals surface area contributed by atoms with Crippen LogP contribution in [0.3, 0.4) is 0 Å². The number of hydrogen-bond donors (Lipinski definition) is 0. The van der Waals surface area contributed by atoms with Crippen LogP contribution in [0.5, 0.6) is 0 Å². The SMILES string of the molecule is O=C(CC1(C(F)F)CC1)c1ccc(/C=C/C(c2cc(Cl)c(Cl)c(Cl)c2)C(F)(F)F)cc1Br. The Balaban J connectivity index is 1.84. The molecule has 1 fully saturated rings. The molecular formula is C22H15BrCl3F5O. The third-order valence-electron chi connectivity index (χ3n) is 5.36. The van der Waals surface area contributed by atoms with Gasteiger partial charge < -0.3 is 0 Å². The molecule has 10 heteroatoms. The molecule has 0 spiro atoms. The molecule has 1 atom stereocenters. The minimum atomic E-state index is -4.63. The maximum Gasteiger partial charge on any atom is 0.399 e. The van der Waals surface area contributed by atoms with Crippen LogP contribution in [0.15, 0.2) is 40.9 Å². The maximum atomic E-state index is 13.7. The number of Topliss-reactive ketones (excluding diaryl/α,β-unsaturated/α-hetero) is 1. The van der Waals surface area contributed by atoms with E-state index in [1.54, 1.807) is 0 Å². The van der Waals surface area contributed by atoms with E-state index in [-0.39, 0.29) is 32.6 Å². The zero-order chi connectivity index (χ0) is 23.8. The van der Waals surface area contributed by atoms with Crippen molar-refractivity contribution in [3.8, 4) is 0 Å². The second-order valence-electron chi connectivity index (χ2n) is 7.68. The summed E-state index contributed by atoms with van der Waals surface area (Å²) in [4.78, 5) is 12.4. The van der Waals surface area contributed by atoms with Crippen molar-refractivity contribution in [1.82, 2.24) is 0 Å². The first kappa shape index (κ1) is 25.5. The number of ketones is 1. The first-order chi connectivity index (χ1) is 14.8. The molecule has 0 amide bonds. The van der Waals surface area contributed by atoms with Crippen molar-refractivity contribution in [3.63, 3.8) is 0 Å². The molecule has 32 heavy (non-hydrogen) atoms. The van der Waals surface area contributed by atoms with Crippen LogP contribution in [0.4, 0.5) is 22.0 Å². The van der Waals surface area contributed by atoms with Crippen LogP contribution in [0, 0.1) is 5.41 Å². The molecule has 3 rings (SSSR count). The number of rotatable bonds is 7. The smallest absolute Gasteiger partial charge is 0.294 e. The molecule has 0 N–H and O–H groups in total. The second kappa shape index (κ2) is 9.61. The van der Waals surface area contributed by atoms with E-state index in [9.17, 15) is 26.7 Å². The van der Waals surface area contributed by atoms with Gasteiger partial charge in [0.15, 0.2) is 5.78 Å². The zero-order valence-electron chi connectivity index (χ0n) is 16.1. The fraction of sp³-hybridized carbons (Fsp3) is 0.318. The normalized spacial score (nSPS) is 16.6. The molecule has 1 unspecified atom stereocenters. The number of carbonyl (C=O) groups is 1. The van der Waals surface area contributed by atoms with E-state index < -0.39 is 29.7 Å². The molecule has 0 radical (unpaired) electrons. The average molecular weight is 577 g/mol. The summed E-state index contributed by atoms with van der Waals surface area (Å²) in [6, 6.07) is 6.53. The lowest BCUT2D eigenvalue weighted by atomic mass is 9.94. The number of alkyl halides is 5. The van der Waals surface area contributed by atoms with E-state index in [0.717, 1.165) is 18.2 Å². The molecule has 172 valence electrons. The lowest BCUT2D eigenvalue weighted by Crippen LogP contribution is -2.19. The summed E-state index contributed by atoms with van der Waals surface area (Å²) < 4.78 is 67.5. The number of halogens is 9. The predicted octanol–water partition coefficient (Wildman–Crippen LogP) is 9.39. The molecule has 0 heterocycles. The van der Waals surface area contributed by atoms with E-state index in [1.807, 2.05) is 0 Å². The fourth-order valence-electron chi connectivity index (χ4n) is 3.28. The monoisotopic (exact) mass is 574 g/mol. The number of allylic oxidation sites excluding steroid dienone is 1. The Morgan fingerprint density at radius 2 is 1.69 bits per heavy atom. The lowest BCUT2D eigenvalue weighted by molar-refractivity contribution is -0.139. The molecule has 1 nitrogen and oxygen atoms in total. The third kappa shape index (κ3) is 5.66. The van der Waals surface area contributed by atoms with Gasteiger partial charge in [-0.05, 0) is 48.2 Å². The predicted molar refractivity (Wildman–Crippen MR) is 120 cm³/mol. The molecule has 2 aromatic rings.